The van der Waals surface area contributed by atoms with Crippen LogP contribution >= 0.6 is 9.24 Å². The molecule has 3 nitrogen and oxygen atoms in total. The van der Waals surface area contributed by atoms with Gasteiger partial charge in [0, 0.05) is 45.8 Å². The van der Waals surface area contributed by atoms with Crippen LogP contribution in [0.3, 0.4) is 0 Å². The average molecular weight is 189 g/mol. The fourth-order valence-corrected chi connectivity index (χ4v) is 1.97. The highest BCUT2D eigenvalue weighted by Crippen LogP contribution is 2.00. The summed E-state index contributed by atoms with van der Waals surface area (Å²) >= 11 is 0. The molecule has 0 spiro atoms. The minimum atomic E-state index is 0.795. The molecule has 0 aliphatic carbocycles. The Bertz CT molecular complexity index is 98.9. The summed E-state index contributed by atoms with van der Waals surface area (Å²) in [7, 11) is 2.78. The van der Waals surface area contributed by atoms with Crippen molar-refractivity contribution in [1.82, 2.24) is 9.80 Å². The Kier molecular flexibility index (Phi) is 5.08. The van der Waals surface area contributed by atoms with Crippen molar-refractivity contribution < 1.29 is 0 Å². The van der Waals surface area contributed by atoms with Gasteiger partial charge < -0.3 is 10.6 Å². The van der Waals surface area contributed by atoms with Crippen LogP contribution < -0.4 is 5.73 Å². The van der Waals surface area contributed by atoms with E-state index >= 15 is 0 Å². The van der Waals surface area contributed by atoms with Crippen LogP contribution in [0, 0.1) is 0 Å². The SMILES string of the molecule is NCCN1CCN(CCP)CC1. The van der Waals surface area contributed by atoms with E-state index in [0.29, 0.717) is 0 Å². The van der Waals surface area contributed by atoms with Crippen LogP contribution in [0.2, 0.25) is 0 Å². The molecular weight excluding hydrogens is 169 g/mol. The van der Waals surface area contributed by atoms with Crippen LogP contribution in [-0.2, 0) is 0 Å². The van der Waals surface area contributed by atoms with Gasteiger partial charge in [-0.15, -0.1) is 9.24 Å². The molecule has 1 atom stereocenters. The summed E-state index contributed by atoms with van der Waals surface area (Å²) in [6.45, 7) is 7.91. The molecule has 12 heavy (non-hydrogen) atoms. The van der Waals surface area contributed by atoms with E-state index < -0.39 is 0 Å². The predicted octanol–water partition coefficient (Wildman–Crippen LogP) is -0.562. The molecule has 1 saturated heterocycles. The second-order valence-electron chi connectivity index (χ2n) is 3.26. The van der Waals surface area contributed by atoms with Crippen molar-refractivity contribution in [2.24, 2.45) is 5.73 Å². The van der Waals surface area contributed by atoms with Crippen molar-refractivity contribution in [2.75, 3.05) is 52.0 Å². The third kappa shape index (κ3) is 3.36. The molecule has 1 aliphatic heterocycles. The van der Waals surface area contributed by atoms with Gasteiger partial charge in [0.25, 0.3) is 0 Å². The van der Waals surface area contributed by atoms with E-state index in [1.54, 1.807) is 0 Å². The summed E-state index contributed by atoms with van der Waals surface area (Å²) in [5, 5.41) is 0. The van der Waals surface area contributed by atoms with E-state index in [2.05, 4.69) is 19.0 Å². The molecule has 4 heteroatoms. The first-order chi connectivity index (χ1) is 5.86. The summed E-state index contributed by atoms with van der Waals surface area (Å²) in [6.07, 6.45) is 1.19. The molecule has 0 bridgehead atoms. The molecule has 2 N–H and O–H groups in total. The molecule has 1 fully saturated rings. The summed E-state index contributed by atoms with van der Waals surface area (Å²) in [6, 6.07) is 0. The Hall–Kier alpha value is 0.310. The molecule has 0 amide bonds. The molecule has 1 heterocycles. The smallest absolute Gasteiger partial charge is 0.0110 e. The summed E-state index contributed by atoms with van der Waals surface area (Å²) < 4.78 is 0. The van der Waals surface area contributed by atoms with Gasteiger partial charge in [-0.05, 0) is 6.16 Å². The topological polar surface area (TPSA) is 32.5 Å². The van der Waals surface area contributed by atoms with Crippen molar-refractivity contribution in [3.05, 3.63) is 0 Å². The minimum Gasteiger partial charge on any atom is -0.329 e. The van der Waals surface area contributed by atoms with E-state index in [4.69, 9.17) is 5.73 Å². The number of hydrogen-bond acceptors (Lipinski definition) is 3. The van der Waals surface area contributed by atoms with Gasteiger partial charge in [-0.1, -0.05) is 0 Å². The third-order valence-electron chi connectivity index (χ3n) is 2.36. The monoisotopic (exact) mass is 189 g/mol. The molecule has 72 valence electrons. The highest BCUT2D eigenvalue weighted by molar-refractivity contribution is 7.16. The predicted molar refractivity (Wildman–Crippen MR) is 56.5 cm³/mol. The van der Waals surface area contributed by atoms with Crippen molar-refractivity contribution in [3.8, 4) is 0 Å². The van der Waals surface area contributed by atoms with E-state index in [1.807, 2.05) is 0 Å². The van der Waals surface area contributed by atoms with Crippen molar-refractivity contribution >= 4 is 9.24 Å². The van der Waals surface area contributed by atoms with Gasteiger partial charge in [-0.3, -0.25) is 4.90 Å². The van der Waals surface area contributed by atoms with E-state index in [0.717, 1.165) is 13.1 Å². The summed E-state index contributed by atoms with van der Waals surface area (Å²) in [5.41, 5.74) is 5.49. The molecule has 1 aliphatic rings. The standard InChI is InChI=1S/C8H20N3P/c9-1-2-10-3-5-11(6-4-10)7-8-12/h1-9,12H2. The fraction of sp³-hybridized carbons (Fsp3) is 1.00. The van der Waals surface area contributed by atoms with Crippen LogP contribution in [0.15, 0.2) is 0 Å². The van der Waals surface area contributed by atoms with Crippen molar-refractivity contribution in [3.63, 3.8) is 0 Å². The molecule has 0 aromatic rings. The molecule has 0 aromatic carbocycles. The highest BCUT2D eigenvalue weighted by atomic mass is 31.0. The number of piperazine rings is 1. The Balaban J connectivity index is 2.11. The Morgan fingerprint density at radius 2 is 1.50 bits per heavy atom. The van der Waals surface area contributed by atoms with E-state index in [9.17, 15) is 0 Å². The van der Waals surface area contributed by atoms with Gasteiger partial charge in [0.15, 0.2) is 0 Å². The summed E-state index contributed by atoms with van der Waals surface area (Å²) in [5.74, 6) is 0. The van der Waals surface area contributed by atoms with Gasteiger partial charge >= 0.3 is 0 Å². The van der Waals surface area contributed by atoms with E-state index in [1.165, 1.54) is 38.9 Å². The lowest BCUT2D eigenvalue weighted by Crippen LogP contribution is -2.48. The number of rotatable bonds is 4. The highest BCUT2D eigenvalue weighted by Gasteiger charge is 2.14. The minimum absolute atomic E-state index is 0.795. The maximum atomic E-state index is 5.49. The zero-order chi connectivity index (χ0) is 8.81. The first kappa shape index (κ1) is 10.4. The van der Waals surface area contributed by atoms with Gasteiger partial charge in [-0.25, -0.2) is 0 Å². The molecule has 0 radical (unpaired) electrons. The van der Waals surface area contributed by atoms with Gasteiger partial charge in [0.1, 0.15) is 0 Å². The Labute approximate surface area is 77.5 Å². The van der Waals surface area contributed by atoms with Gasteiger partial charge in [0.05, 0.1) is 0 Å². The molecule has 1 unspecified atom stereocenters. The van der Waals surface area contributed by atoms with E-state index in [-0.39, 0.29) is 0 Å². The van der Waals surface area contributed by atoms with Gasteiger partial charge in [-0.2, -0.15) is 0 Å². The normalized spacial score (nSPS) is 21.5. The lowest BCUT2D eigenvalue weighted by atomic mass is 10.3. The molecule has 0 saturated carbocycles. The maximum absolute atomic E-state index is 5.49. The average Bonchev–Trinajstić information content (AvgIpc) is 2.09. The molecular formula is C8H20N3P. The Morgan fingerprint density at radius 3 is 1.92 bits per heavy atom. The first-order valence-corrected chi connectivity index (χ1v) is 5.53. The second kappa shape index (κ2) is 5.87. The number of nitrogens with zero attached hydrogens (tertiary/aromatic N) is 2. The fourth-order valence-electron chi connectivity index (χ4n) is 1.60. The second-order valence-corrected chi connectivity index (χ2v) is 3.84. The van der Waals surface area contributed by atoms with Crippen molar-refractivity contribution in [1.29, 1.82) is 0 Å². The molecule has 0 aromatic heterocycles. The lowest BCUT2D eigenvalue weighted by molar-refractivity contribution is 0.141. The zero-order valence-corrected chi connectivity index (χ0v) is 8.86. The van der Waals surface area contributed by atoms with Gasteiger partial charge in [0.2, 0.25) is 0 Å². The van der Waals surface area contributed by atoms with Crippen LogP contribution in [0.4, 0.5) is 0 Å². The third-order valence-corrected chi connectivity index (χ3v) is 2.61. The Morgan fingerprint density at radius 1 is 1.00 bits per heavy atom. The number of nitrogens with two attached hydrogens (primary N) is 1. The number of hydrogen-bond donors (Lipinski definition) is 1. The first-order valence-electron chi connectivity index (χ1n) is 4.71. The largest absolute Gasteiger partial charge is 0.329 e. The maximum Gasteiger partial charge on any atom is 0.0110 e. The van der Waals surface area contributed by atoms with Crippen LogP contribution in [0.5, 0.6) is 0 Å². The quantitative estimate of drug-likeness (QED) is 0.602. The van der Waals surface area contributed by atoms with Crippen LogP contribution in [-0.4, -0.2) is 61.8 Å². The molecule has 1 rings (SSSR count). The van der Waals surface area contributed by atoms with Crippen LogP contribution in [0.1, 0.15) is 0 Å². The summed E-state index contributed by atoms with van der Waals surface area (Å²) in [4.78, 5) is 4.96. The lowest BCUT2D eigenvalue weighted by Gasteiger charge is -2.34. The zero-order valence-electron chi connectivity index (χ0n) is 7.71. The van der Waals surface area contributed by atoms with Crippen LogP contribution in [0.25, 0.3) is 0 Å². The van der Waals surface area contributed by atoms with Crippen molar-refractivity contribution in [2.45, 2.75) is 0 Å².